The molecule has 0 spiro atoms. The Morgan fingerprint density at radius 3 is 2.61 bits per heavy atom. The normalized spacial score (nSPS) is 16.2. The Morgan fingerprint density at radius 1 is 1.14 bits per heavy atom. The first-order valence-electron chi connectivity index (χ1n) is 12.2. The Hall–Kier alpha value is -3.08. The quantitative estimate of drug-likeness (QED) is 0.361. The number of benzene rings is 2. The zero-order valence-corrected chi connectivity index (χ0v) is 22.1. The third-order valence-electron chi connectivity index (χ3n) is 6.70. The van der Waals surface area contributed by atoms with Gasteiger partial charge in [-0.25, -0.2) is 9.97 Å². The molecule has 36 heavy (non-hydrogen) atoms. The number of aromatic nitrogens is 4. The lowest BCUT2D eigenvalue weighted by atomic mass is 10.0. The van der Waals surface area contributed by atoms with Gasteiger partial charge in [-0.05, 0) is 85.2 Å². The Labute approximate surface area is 218 Å². The SMILES string of the molecule is COc1ccc(-c2nc3c4cccc(Br)c4nc([C@](C)(N)C(=O)NCCN4CCCCC4)n3n2)cc1. The number of para-hydroxylation sites is 1. The largest absolute Gasteiger partial charge is 0.497 e. The summed E-state index contributed by atoms with van der Waals surface area (Å²) in [4.78, 5) is 25.4. The minimum absolute atomic E-state index is 0.304. The minimum Gasteiger partial charge on any atom is -0.497 e. The molecule has 1 atom stereocenters. The molecule has 0 saturated carbocycles. The summed E-state index contributed by atoms with van der Waals surface area (Å²) in [6, 6.07) is 13.3. The second-order valence-electron chi connectivity index (χ2n) is 9.33. The number of carbonyl (C=O) groups is 1. The second-order valence-corrected chi connectivity index (χ2v) is 10.2. The van der Waals surface area contributed by atoms with Crippen molar-refractivity contribution in [3.63, 3.8) is 0 Å². The van der Waals surface area contributed by atoms with E-state index in [0.717, 1.165) is 40.8 Å². The number of hydrogen-bond acceptors (Lipinski definition) is 7. The third kappa shape index (κ3) is 4.68. The van der Waals surface area contributed by atoms with Gasteiger partial charge >= 0.3 is 0 Å². The highest BCUT2D eigenvalue weighted by Gasteiger charge is 2.36. The van der Waals surface area contributed by atoms with Gasteiger partial charge in [0.2, 0.25) is 5.91 Å². The van der Waals surface area contributed by atoms with Crippen molar-refractivity contribution in [2.24, 2.45) is 5.73 Å². The van der Waals surface area contributed by atoms with Crippen LogP contribution in [0.5, 0.6) is 5.75 Å². The number of methoxy groups -OCH3 is 1. The van der Waals surface area contributed by atoms with Crippen LogP contribution >= 0.6 is 15.9 Å². The highest BCUT2D eigenvalue weighted by Crippen LogP contribution is 2.30. The molecule has 2 aromatic carbocycles. The smallest absolute Gasteiger partial charge is 0.247 e. The van der Waals surface area contributed by atoms with E-state index in [-0.39, 0.29) is 5.91 Å². The molecule has 4 aromatic rings. The van der Waals surface area contributed by atoms with Crippen molar-refractivity contribution in [1.29, 1.82) is 0 Å². The van der Waals surface area contributed by atoms with Crippen molar-refractivity contribution in [3.05, 3.63) is 52.8 Å². The van der Waals surface area contributed by atoms with Gasteiger partial charge in [-0.3, -0.25) is 4.79 Å². The molecule has 188 valence electrons. The molecule has 1 amide bonds. The molecule has 1 saturated heterocycles. The molecule has 0 aliphatic carbocycles. The van der Waals surface area contributed by atoms with E-state index >= 15 is 0 Å². The van der Waals surface area contributed by atoms with E-state index in [1.165, 1.54) is 19.3 Å². The van der Waals surface area contributed by atoms with Crippen LogP contribution in [0.4, 0.5) is 0 Å². The lowest BCUT2D eigenvalue weighted by Gasteiger charge is -2.28. The number of hydrogen-bond donors (Lipinski definition) is 2. The summed E-state index contributed by atoms with van der Waals surface area (Å²) in [5.41, 5.74) is 7.32. The van der Waals surface area contributed by atoms with E-state index in [1.54, 1.807) is 18.5 Å². The molecule has 3 N–H and O–H groups in total. The summed E-state index contributed by atoms with van der Waals surface area (Å²) >= 11 is 3.59. The van der Waals surface area contributed by atoms with Crippen LogP contribution in [0.15, 0.2) is 46.9 Å². The van der Waals surface area contributed by atoms with E-state index in [2.05, 4.69) is 26.1 Å². The van der Waals surface area contributed by atoms with E-state index in [0.29, 0.717) is 29.4 Å². The van der Waals surface area contributed by atoms with Crippen LogP contribution in [0, 0.1) is 0 Å². The third-order valence-corrected chi connectivity index (χ3v) is 7.34. The van der Waals surface area contributed by atoms with E-state index in [4.69, 9.17) is 25.5 Å². The summed E-state index contributed by atoms with van der Waals surface area (Å²) in [5.74, 6) is 1.27. The number of piperidine rings is 1. The number of nitrogens with zero attached hydrogens (tertiary/aromatic N) is 5. The standard InChI is InChI=1S/C26H30BrN7O2/c1-26(28,25(35)29-13-16-33-14-4-3-5-15-33)24-30-21-19(7-6-8-20(21)27)23-31-22(32-34(23)24)17-9-11-18(36-2)12-10-17/h6-12H,3-5,13-16,28H2,1-2H3,(H,29,35)/t26-/m0/s1. The van der Waals surface area contributed by atoms with E-state index in [1.807, 2.05) is 42.5 Å². The number of halogens is 1. The average molecular weight is 552 g/mol. The lowest BCUT2D eigenvalue weighted by Crippen LogP contribution is -2.52. The predicted octanol–water partition coefficient (Wildman–Crippen LogP) is 3.49. The molecule has 3 heterocycles. The van der Waals surface area contributed by atoms with E-state index < -0.39 is 5.54 Å². The summed E-state index contributed by atoms with van der Waals surface area (Å²) in [6.45, 7) is 5.15. The number of fused-ring (bicyclic) bond motifs is 3. The molecule has 10 heteroatoms. The molecule has 0 radical (unpaired) electrons. The fraction of sp³-hybridized carbons (Fsp3) is 0.385. The van der Waals surface area contributed by atoms with Gasteiger partial charge in [0.05, 0.1) is 12.6 Å². The van der Waals surface area contributed by atoms with Crippen molar-refractivity contribution in [3.8, 4) is 17.1 Å². The number of carbonyl (C=O) groups excluding carboxylic acids is 1. The maximum Gasteiger partial charge on any atom is 0.247 e. The molecular formula is C26H30BrN7O2. The van der Waals surface area contributed by atoms with Gasteiger partial charge in [0.25, 0.3) is 0 Å². The van der Waals surface area contributed by atoms with Gasteiger partial charge < -0.3 is 20.7 Å². The molecule has 0 bridgehead atoms. The van der Waals surface area contributed by atoms with Crippen LogP contribution in [-0.2, 0) is 10.3 Å². The Morgan fingerprint density at radius 2 is 1.89 bits per heavy atom. The maximum absolute atomic E-state index is 13.3. The van der Waals surface area contributed by atoms with Crippen molar-refractivity contribution in [1.82, 2.24) is 29.8 Å². The Balaban J connectivity index is 1.53. The molecule has 1 aliphatic heterocycles. The zero-order chi connectivity index (χ0) is 25.3. The molecule has 9 nitrogen and oxygen atoms in total. The van der Waals surface area contributed by atoms with Crippen LogP contribution in [0.25, 0.3) is 27.9 Å². The highest BCUT2D eigenvalue weighted by atomic mass is 79.9. The summed E-state index contributed by atoms with van der Waals surface area (Å²) in [7, 11) is 1.62. The van der Waals surface area contributed by atoms with Crippen LogP contribution in [0.2, 0.25) is 0 Å². The van der Waals surface area contributed by atoms with Crippen LogP contribution in [-0.4, -0.2) is 63.7 Å². The van der Waals surface area contributed by atoms with Gasteiger partial charge in [0, 0.05) is 28.5 Å². The summed E-state index contributed by atoms with van der Waals surface area (Å²) < 4.78 is 7.66. The van der Waals surface area contributed by atoms with Crippen molar-refractivity contribution >= 4 is 38.4 Å². The van der Waals surface area contributed by atoms with Crippen LogP contribution in [0.3, 0.4) is 0 Å². The molecule has 0 unspecified atom stereocenters. The van der Waals surface area contributed by atoms with Crippen molar-refractivity contribution in [2.75, 3.05) is 33.3 Å². The molecule has 1 aliphatic rings. The molecular weight excluding hydrogens is 522 g/mol. The van der Waals surface area contributed by atoms with Crippen molar-refractivity contribution < 1.29 is 9.53 Å². The fourth-order valence-corrected chi connectivity index (χ4v) is 5.05. The Kier molecular flexibility index (Phi) is 6.92. The molecule has 5 rings (SSSR count). The fourth-order valence-electron chi connectivity index (χ4n) is 4.59. The van der Waals surface area contributed by atoms with E-state index in [9.17, 15) is 4.79 Å². The highest BCUT2D eigenvalue weighted by molar-refractivity contribution is 9.10. The topological polar surface area (TPSA) is 111 Å². The minimum atomic E-state index is -1.44. The van der Waals surface area contributed by atoms with Gasteiger partial charge in [0.1, 0.15) is 5.75 Å². The number of rotatable bonds is 7. The zero-order valence-electron chi connectivity index (χ0n) is 20.5. The monoisotopic (exact) mass is 551 g/mol. The van der Waals surface area contributed by atoms with Gasteiger partial charge in [0.15, 0.2) is 22.8 Å². The van der Waals surface area contributed by atoms with Gasteiger partial charge in [-0.2, -0.15) is 4.52 Å². The number of likely N-dealkylation sites (tertiary alicyclic amines) is 1. The van der Waals surface area contributed by atoms with Crippen LogP contribution < -0.4 is 15.8 Å². The first-order valence-corrected chi connectivity index (χ1v) is 13.0. The number of nitrogens with one attached hydrogen (secondary N) is 1. The molecule has 1 fully saturated rings. The van der Waals surface area contributed by atoms with Crippen LogP contribution in [0.1, 0.15) is 32.0 Å². The predicted molar refractivity (Wildman–Crippen MR) is 143 cm³/mol. The Bertz CT molecular complexity index is 1400. The first-order chi connectivity index (χ1) is 17.4. The van der Waals surface area contributed by atoms with Gasteiger partial charge in [-0.15, -0.1) is 5.10 Å². The second kappa shape index (κ2) is 10.1. The number of amides is 1. The molecule has 2 aromatic heterocycles. The first kappa shape index (κ1) is 24.6. The van der Waals surface area contributed by atoms with Crippen molar-refractivity contribution in [2.45, 2.75) is 31.7 Å². The number of nitrogens with two attached hydrogens (primary N) is 1. The maximum atomic E-state index is 13.3. The lowest BCUT2D eigenvalue weighted by molar-refractivity contribution is -0.126. The summed E-state index contributed by atoms with van der Waals surface area (Å²) in [6.07, 6.45) is 3.69. The number of ether oxygens (including phenoxy) is 1. The van der Waals surface area contributed by atoms with Gasteiger partial charge in [-0.1, -0.05) is 12.5 Å². The average Bonchev–Trinajstić information content (AvgIpc) is 3.35. The summed E-state index contributed by atoms with van der Waals surface area (Å²) in [5, 5.41) is 8.56.